The molecule has 59 heavy (non-hydrogen) atoms. The van der Waals surface area contributed by atoms with E-state index in [0.717, 1.165) is 33.0 Å². The monoisotopic (exact) mass is 787 g/mol. The van der Waals surface area contributed by atoms with Crippen molar-refractivity contribution in [3.05, 3.63) is 253 Å². The van der Waals surface area contributed by atoms with Crippen molar-refractivity contribution in [2.45, 2.75) is 5.41 Å². The first kappa shape index (κ1) is 34.3. The number of rotatable bonds is 4. The number of nitrogens with zero attached hydrogens (tertiary/aromatic N) is 1. The largest absolute Gasteiger partial charge is 0.310 e. The van der Waals surface area contributed by atoms with Gasteiger partial charge in [-0.25, -0.2) is 0 Å². The molecule has 2 nitrogen and oxygen atoms in total. The topological polar surface area (TPSA) is 20.3 Å². The fraction of sp³-hybridized carbons (Fsp3) is 0.0182. The summed E-state index contributed by atoms with van der Waals surface area (Å²) in [6, 6.07) is 83.4. The van der Waals surface area contributed by atoms with Gasteiger partial charge < -0.3 is 9.46 Å². The highest BCUT2D eigenvalue weighted by Crippen LogP contribution is 2.63. The molecule has 0 aromatic heterocycles. The number of hydrogen-bond acceptors (Lipinski definition) is 2. The van der Waals surface area contributed by atoms with E-state index < -0.39 is 20.6 Å². The Morgan fingerprint density at radius 3 is 1.25 bits per heavy atom. The highest BCUT2D eigenvalue weighted by molar-refractivity contribution is 7.87. The summed E-state index contributed by atoms with van der Waals surface area (Å²) in [5.41, 5.74) is 10.6. The van der Waals surface area contributed by atoms with Gasteiger partial charge in [-0.05, 0) is 90.5 Å². The van der Waals surface area contributed by atoms with Crippen LogP contribution in [0.5, 0.6) is 0 Å². The predicted octanol–water partition coefficient (Wildman–Crippen LogP) is 9.16. The number of anilines is 3. The van der Waals surface area contributed by atoms with Crippen molar-refractivity contribution in [1.29, 1.82) is 0 Å². The molecule has 1 aliphatic carbocycles. The number of hydrogen-bond donors (Lipinski definition) is 0. The molecule has 0 atom stereocenters. The van der Waals surface area contributed by atoms with E-state index in [2.05, 4.69) is 235 Å². The van der Waals surface area contributed by atoms with Gasteiger partial charge in [0.1, 0.15) is 0 Å². The molecule has 0 radical (unpaired) electrons. The van der Waals surface area contributed by atoms with Crippen molar-refractivity contribution in [1.82, 2.24) is 0 Å². The lowest BCUT2D eigenvalue weighted by Gasteiger charge is -2.45. The smallest absolute Gasteiger partial charge is 0.181 e. The molecule has 9 aromatic rings. The van der Waals surface area contributed by atoms with E-state index in [0.29, 0.717) is 0 Å². The zero-order chi connectivity index (χ0) is 39.2. The van der Waals surface area contributed by atoms with Crippen molar-refractivity contribution in [2.24, 2.45) is 0 Å². The molecule has 9 aromatic carbocycles. The molecule has 1 spiro atoms. The lowest BCUT2D eigenvalue weighted by atomic mass is 9.64. The Bertz CT molecular complexity index is 2970. The Morgan fingerprint density at radius 2 is 0.763 bits per heavy atom. The van der Waals surface area contributed by atoms with Crippen molar-refractivity contribution in [3.63, 3.8) is 0 Å². The molecule has 0 saturated heterocycles. The van der Waals surface area contributed by atoms with Crippen LogP contribution in [0.15, 0.2) is 231 Å². The number of fused-ring (bicyclic) bond motifs is 11. The van der Waals surface area contributed by atoms with E-state index in [1.165, 1.54) is 54.1 Å². The Balaban J connectivity index is 1.06. The minimum absolute atomic E-state index is 0.467. The number of para-hydroxylation sites is 2. The molecule has 0 bridgehead atoms. The summed E-state index contributed by atoms with van der Waals surface area (Å²) in [5, 5.41) is 7.72. The lowest BCUT2D eigenvalue weighted by molar-refractivity contribution is 0.592. The van der Waals surface area contributed by atoms with Gasteiger partial charge in [-0.2, -0.15) is 0 Å². The maximum absolute atomic E-state index is 16.5. The summed E-state index contributed by atoms with van der Waals surface area (Å²) < 4.78 is 16.5. The van der Waals surface area contributed by atoms with Crippen LogP contribution in [0.2, 0.25) is 0 Å². The quantitative estimate of drug-likeness (QED) is 0.131. The SMILES string of the molecule is O=P1(c2ccc(N3c4ccccc4C4(c5ccccc5-c5ccccc54)c4ccccc43)cc2)c2ccccc2[Si](c2ccccc2)(c2ccccc2)c2ccccc21. The Labute approximate surface area is 346 Å². The molecule has 3 aliphatic rings. The van der Waals surface area contributed by atoms with Gasteiger partial charge >= 0.3 is 0 Å². The van der Waals surface area contributed by atoms with E-state index in [1.807, 2.05) is 0 Å². The van der Waals surface area contributed by atoms with Gasteiger partial charge in [0.25, 0.3) is 0 Å². The third-order valence-electron chi connectivity index (χ3n) is 13.2. The minimum Gasteiger partial charge on any atom is -0.310 e. The predicted molar refractivity (Wildman–Crippen MR) is 249 cm³/mol. The van der Waals surface area contributed by atoms with Crippen molar-refractivity contribution >= 4 is 68.9 Å². The lowest BCUT2D eigenvalue weighted by Crippen LogP contribution is -2.81. The maximum Gasteiger partial charge on any atom is 0.181 e. The van der Waals surface area contributed by atoms with Gasteiger partial charge in [0.2, 0.25) is 0 Å². The second-order valence-electron chi connectivity index (χ2n) is 15.9. The Kier molecular flexibility index (Phi) is 7.48. The van der Waals surface area contributed by atoms with E-state index in [1.54, 1.807) is 0 Å². The van der Waals surface area contributed by atoms with Gasteiger partial charge in [-0.3, -0.25) is 0 Å². The minimum atomic E-state index is -3.34. The van der Waals surface area contributed by atoms with Crippen molar-refractivity contribution < 1.29 is 4.57 Å². The van der Waals surface area contributed by atoms with E-state index in [9.17, 15) is 0 Å². The van der Waals surface area contributed by atoms with Crippen molar-refractivity contribution in [2.75, 3.05) is 4.90 Å². The van der Waals surface area contributed by atoms with Crippen LogP contribution in [0, 0.1) is 0 Å². The fourth-order valence-corrected chi connectivity index (χ4v) is 20.6. The summed E-state index contributed by atoms with van der Waals surface area (Å²) in [6.45, 7) is 0. The first-order chi connectivity index (χ1) is 29.2. The molecule has 0 fully saturated rings. The highest BCUT2D eigenvalue weighted by Gasteiger charge is 2.54. The zero-order valence-corrected chi connectivity index (χ0v) is 34.1. The summed E-state index contributed by atoms with van der Waals surface area (Å²) in [4.78, 5) is 2.41. The van der Waals surface area contributed by atoms with Crippen LogP contribution in [0.25, 0.3) is 11.1 Å². The van der Waals surface area contributed by atoms with E-state index in [-0.39, 0.29) is 0 Å². The van der Waals surface area contributed by atoms with E-state index in [4.69, 9.17) is 0 Å². The molecule has 0 amide bonds. The molecule has 0 N–H and O–H groups in total. The molecular weight excluding hydrogens is 750 g/mol. The summed E-state index contributed by atoms with van der Waals surface area (Å²) in [6.07, 6.45) is 0. The average Bonchev–Trinajstić information content (AvgIpc) is 3.61. The van der Waals surface area contributed by atoms with Gasteiger partial charge in [0, 0.05) is 21.6 Å². The second kappa shape index (κ2) is 12.9. The second-order valence-corrected chi connectivity index (χ2v) is 22.3. The van der Waals surface area contributed by atoms with Crippen LogP contribution in [0.3, 0.4) is 0 Å². The number of benzene rings is 9. The van der Waals surface area contributed by atoms with Gasteiger partial charge in [-0.15, -0.1) is 0 Å². The first-order valence-electron chi connectivity index (χ1n) is 20.4. The standard InChI is InChI=1S/C55H38NOPSi/c57-58(51-31-15-17-33-53(51)59(41-19-3-1-4-20-41,42-21-5-2-6-22-42)54-34-18-16-32-52(54)58)40-37-35-39(36-38-40)56-49-29-13-11-27-47(49)55(48-28-12-14-30-50(48)56)45-25-9-7-23-43(45)44-24-8-10-26-46(44)55/h1-38H. The first-order valence-corrected chi connectivity index (χ1v) is 24.1. The fourth-order valence-electron chi connectivity index (χ4n) is 11.0. The van der Waals surface area contributed by atoms with Crippen LogP contribution in [-0.4, -0.2) is 8.07 Å². The van der Waals surface area contributed by atoms with Crippen LogP contribution in [0.1, 0.15) is 22.3 Å². The normalized spacial score (nSPS) is 15.6. The summed E-state index contributed by atoms with van der Waals surface area (Å²) in [7, 11) is -6.20. The molecule has 0 saturated carbocycles. The molecule has 12 rings (SSSR count). The van der Waals surface area contributed by atoms with Crippen molar-refractivity contribution in [3.8, 4) is 11.1 Å². The van der Waals surface area contributed by atoms with Crippen LogP contribution < -0.4 is 41.6 Å². The maximum atomic E-state index is 16.5. The molecule has 278 valence electrons. The molecule has 0 unspecified atom stereocenters. The van der Waals surface area contributed by atoms with Crippen LogP contribution >= 0.6 is 7.14 Å². The summed E-state index contributed by atoms with van der Waals surface area (Å²) in [5.74, 6) is 0. The van der Waals surface area contributed by atoms with Gasteiger partial charge in [-0.1, -0.05) is 194 Å². The van der Waals surface area contributed by atoms with Crippen LogP contribution in [0.4, 0.5) is 17.1 Å². The third kappa shape index (κ3) is 4.44. The summed E-state index contributed by atoms with van der Waals surface area (Å²) >= 11 is 0. The highest BCUT2D eigenvalue weighted by atomic mass is 31.2. The zero-order valence-electron chi connectivity index (χ0n) is 32.2. The average molecular weight is 788 g/mol. The van der Waals surface area contributed by atoms with E-state index >= 15 is 4.57 Å². The van der Waals surface area contributed by atoms with Gasteiger partial charge in [0.15, 0.2) is 15.2 Å². The molecule has 2 aliphatic heterocycles. The third-order valence-corrected chi connectivity index (χ3v) is 21.7. The Morgan fingerprint density at radius 1 is 0.373 bits per heavy atom. The van der Waals surface area contributed by atoms with Gasteiger partial charge in [0.05, 0.1) is 16.8 Å². The van der Waals surface area contributed by atoms with Crippen LogP contribution in [-0.2, 0) is 9.98 Å². The Hall–Kier alpha value is -6.77. The molecule has 4 heteroatoms. The molecule has 2 heterocycles. The molecular formula is C55H38NOPSi.